The first-order valence-electron chi connectivity index (χ1n) is 10.6. The summed E-state index contributed by atoms with van der Waals surface area (Å²) < 4.78 is 49.6. The fraction of sp³-hybridized carbons (Fsp3) is 0.435. The van der Waals surface area contributed by atoms with Crippen LogP contribution in [0.1, 0.15) is 20.3 Å². The van der Waals surface area contributed by atoms with Crippen LogP contribution >= 0.6 is 11.6 Å². The third-order valence-electron chi connectivity index (χ3n) is 4.73. The van der Waals surface area contributed by atoms with Crippen molar-refractivity contribution in [3.63, 3.8) is 0 Å². The number of carbonyl (C=O) groups excluding carboxylic acids is 1. The number of anilines is 1. The number of halogens is 1. The minimum atomic E-state index is -4.23. The van der Waals surface area contributed by atoms with Gasteiger partial charge in [-0.1, -0.05) is 11.6 Å². The minimum Gasteiger partial charge on any atom is -0.495 e. The van der Waals surface area contributed by atoms with E-state index in [1.807, 2.05) is 13.8 Å². The molecule has 0 saturated carbocycles. The van der Waals surface area contributed by atoms with Gasteiger partial charge >= 0.3 is 0 Å². The maximum absolute atomic E-state index is 13.7. The average Bonchev–Trinajstić information content (AvgIpc) is 2.81. The van der Waals surface area contributed by atoms with E-state index in [1.54, 1.807) is 6.07 Å². The van der Waals surface area contributed by atoms with Crippen molar-refractivity contribution in [3.8, 4) is 17.2 Å². The normalized spacial score (nSPS) is 11.3. The number of hydrogen-bond acceptors (Lipinski definition) is 7. The molecule has 11 heteroatoms. The first kappa shape index (κ1) is 27.6. The predicted octanol–water partition coefficient (Wildman–Crippen LogP) is 3.49. The van der Waals surface area contributed by atoms with E-state index in [1.165, 1.54) is 51.7 Å². The molecule has 34 heavy (non-hydrogen) atoms. The molecule has 0 heterocycles. The molecule has 0 saturated heterocycles. The van der Waals surface area contributed by atoms with Crippen LogP contribution in [0.2, 0.25) is 5.02 Å². The van der Waals surface area contributed by atoms with E-state index < -0.39 is 22.5 Å². The second kappa shape index (κ2) is 12.7. The van der Waals surface area contributed by atoms with Gasteiger partial charge < -0.3 is 24.3 Å². The summed E-state index contributed by atoms with van der Waals surface area (Å²) in [7, 11) is 0.0318. The zero-order valence-electron chi connectivity index (χ0n) is 20.0. The van der Waals surface area contributed by atoms with E-state index in [9.17, 15) is 13.2 Å². The quantitative estimate of drug-likeness (QED) is 0.408. The molecule has 0 bridgehead atoms. The summed E-state index contributed by atoms with van der Waals surface area (Å²) in [6.07, 6.45) is 0.681. The highest BCUT2D eigenvalue weighted by molar-refractivity contribution is 7.92. The van der Waals surface area contributed by atoms with Gasteiger partial charge in [0.25, 0.3) is 10.0 Å². The van der Waals surface area contributed by atoms with Crippen molar-refractivity contribution in [2.75, 3.05) is 45.3 Å². The van der Waals surface area contributed by atoms with E-state index in [-0.39, 0.29) is 33.2 Å². The van der Waals surface area contributed by atoms with Crippen LogP contribution in [0, 0.1) is 0 Å². The van der Waals surface area contributed by atoms with Crippen LogP contribution < -0.4 is 23.8 Å². The molecule has 2 rings (SSSR count). The van der Waals surface area contributed by atoms with Gasteiger partial charge in [-0.3, -0.25) is 9.10 Å². The van der Waals surface area contributed by atoms with E-state index in [0.717, 1.165) is 4.31 Å². The average molecular weight is 515 g/mol. The van der Waals surface area contributed by atoms with Crippen LogP contribution in [0.4, 0.5) is 5.69 Å². The number of sulfonamides is 1. The number of carbonyl (C=O) groups is 1. The van der Waals surface area contributed by atoms with Crippen LogP contribution in [0.3, 0.4) is 0 Å². The van der Waals surface area contributed by atoms with Gasteiger partial charge in [0, 0.05) is 24.2 Å². The highest BCUT2D eigenvalue weighted by Gasteiger charge is 2.30. The highest BCUT2D eigenvalue weighted by Crippen LogP contribution is 2.36. The molecule has 0 aliphatic heterocycles. The molecule has 1 N–H and O–H groups in total. The summed E-state index contributed by atoms with van der Waals surface area (Å²) >= 11 is 6.15. The molecule has 0 fully saturated rings. The monoisotopic (exact) mass is 514 g/mol. The molecule has 1 amide bonds. The minimum absolute atomic E-state index is 0.0909. The molecular weight excluding hydrogens is 484 g/mol. The summed E-state index contributed by atoms with van der Waals surface area (Å²) in [5, 5.41) is 3.02. The summed E-state index contributed by atoms with van der Waals surface area (Å²) in [6.45, 7) is 4.18. The van der Waals surface area contributed by atoms with E-state index >= 15 is 0 Å². The van der Waals surface area contributed by atoms with Gasteiger partial charge in [0.1, 0.15) is 12.3 Å². The van der Waals surface area contributed by atoms with Crippen LogP contribution in [-0.2, 0) is 19.6 Å². The lowest BCUT2D eigenvalue weighted by atomic mass is 10.3. The zero-order valence-corrected chi connectivity index (χ0v) is 21.5. The second-order valence-corrected chi connectivity index (χ2v) is 9.77. The predicted molar refractivity (Wildman–Crippen MR) is 131 cm³/mol. The van der Waals surface area contributed by atoms with Crippen LogP contribution in [0.15, 0.2) is 41.3 Å². The molecule has 0 aliphatic carbocycles. The summed E-state index contributed by atoms with van der Waals surface area (Å²) in [5.41, 5.74) is 0.128. The van der Waals surface area contributed by atoms with Gasteiger partial charge in [-0.25, -0.2) is 8.42 Å². The number of amides is 1. The summed E-state index contributed by atoms with van der Waals surface area (Å²) in [5.74, 6) is 0.355. The van der Waals surface area contributed by atoms with Crippen molar-refractivity contribution in [1.82, 2.24) is 5.32 Å². The van der Waals surface area contributed by atoms with Crippen molar-refractivity contribution in [1.29, 1.82) is 0 Å². The molecule has 188 valence electrons. The molecule has 2 aromatic rings. The Hall–Kier alpha value is -2.69. The Labute approximate surface area is 205 Å². The standard InChI is InChI=1S/C23H31ClN2O7S/c1-16(2)33-12-6-11-25-23(27)15-26(19-13-17(24)7-9-20(19)30-3)34(28,29)18-8-10-21(31-4)22(14-18)32-5/h7-10,13-14,16H,6,11-12,15H2,1-5H3,(H,25,27). The van der Waals surface area contributed by atoms with Crippen LogP contribution in [0.5, 0.6) is 17.2 Å². The fourth-order valence-electron chi connectivity index (χ4n) is 3.07. The van der Waals surface area contributed by atoms with Crippen molar-refractivity contribution < 1.29 is 32.2 Å². The maximum atomic E-state index is 13.7. The van der Waals surface area contributed by atoms with Crippen molar-refractivity contribution in [2.45, 2.75) is 31.3 Å². The van der Waals surface area contributed by atoms with Gasteiger partial charge in [-0.2, -0.15) is 0 Å². The van der Waals surface area contributed by atoms with Gasteiger partial charge in [0.15, 0.2) is 11.5 Å². The van der Waals surface area contributed by atoms with Crippen LogP contribution in [0.25, 0.3) is 0 Å². The number of ether oxygens (including phenoxy) is 4. The SMILES string of the molecule is COc1ccc(S(=O)(=O)N(CC(=O)NCCCOC(C)C)c2cc(Cl)ccc2OC)cc1OC. The fourth-order valence-corrected chi connectivity index (χ4v) is 4.67. The summed E-state index contributed by atoms with van der Waals surface area (Å²) in [4.78, 5) is 12.6. The number of nitrogens with zero attached hydrogens (tertiary/aromatic N) is 1. The Balaban J connectivity index is 2.40. The lowest BCUT2D eigenvalue weighted by Gasteiger charge is -2.26. The molecule has 0 atom stereocenters. The Morgan fingerprint density at radius 3 is 2.26 bits per heavy atom. The molecule has 0 aromatic heterocycles. The van der Waals surface area contributed by atoms with E-state index in [0.29, 0.717) is 25.3 Å². The molecule has 2 aromatic carbocycles. The smallest absolute Gasteiger partial charge is 0.265 e. The number of hydrogen-bond donors (Lipinski definition) is 1. The topological polar surface area (TPSA) is 103 Å². The van der Waals surface area contributed by atoms with Gasteiger partial charge in [0.05, 0.1) is 38.0 Å². The highest BCUT2D eigenvalue weighted by atomic mass is 35.5. The molecule has 0 spiro atoms. The number of nitrogens with one attached hydrogen (secondary N) is 1. The molecule has 0 aliphatic rings. The number of benzene rings is 2. The Kier molecular flexibility index (Phi) is 10.3. The first-order valence-corrected chi connectivity index (χ1v) is 12.4. The summed E-state index contributed by atoms with van der Waals surface area (Å²) in [6, 6.07) is 8.73. The Morgan fingerprint density at radius 1 is 1.00 bits per heavy atom. The van der Waals surface area contributed by atoms with E-state index in [2.05, 4.69) is 5.32 Å². The largest absolute Gasteiger partial charge is 0.495 e. The van der Waals surface area contributed by atoms with Crippen molar-refractivity contribution in [2.24, 2.45) is 0 Å². The lowest BCUT2D eigenvalue weighted by molar-refractivity contribution is -0.119. The van der Waals surface area contributed by atoms with E-state index in [4.69, 9.17) is 30.5 Å². The second-order valence-electron chi connectivity index (χ2n) is 7.47. The number of methoxy groups -OCH3 is 3. The maximum Gasteiger partial charge on any atom is 0.265 e. The Bertz CT molecular complexity index is 1080. The lowest BCUT2D eigenvalue weighted by Crippen LogP contribution is -2.41. The van der Waals surface area contributed by atoms with Gasteiger partial charge in [-0.15, -0.1) is 0 Å². The molecule has 9 nitrogen and oxygen atoms in total. The Morgan fingerprint density at radius 2 is 1.65 bits per heavy atom. The van der Waals surface area contributed by atoms with Crippen molar-refractivity contribution in [3.05, 3.63) is 41.4 Å². The third kappa shape index (κ3) is 7.15. The van der Waals surface area contributed by atoms with Gasteiger partial charge in [-0.05, 0) is 50.6 Å². The first-order chi connectivity index (χ1) is 16.1. The molecular formula is C23H31ClN2O7S. The molecule has 0 radical (unpaired) electrons. The zero-order chi connectivity index (χ0) is 25.3. The van der Waals surface area contributed by atoms with Crippen LogP contribution in [-0.4, -0.2) is 61.5 Å². The van der Waals surface area contributed by atoms with Crippen molar-refractivity contribution >= 4 is 33.2 Å². The number of rotatable bonds is 13. The van der Waals surface area contributed by atoms with Gasteiger partial charge in [0.2, 0.25) is 5.91 Å². The third-order valence-corrected chi connectivity index (χ3v) is 6.73. The molecule has 0 unspecified atom stereocenters.